The van der Waals surface area contributed by atoms with Gasteiger partial charge < -0.3 is 9.13 Å². The van der Waals surface area contributed by atoms with E-state index in [0.29, 0.717) is 0 Å². The van der Waals surface area contributed by atoms with Gasteiger partial charge in [0.1, 0.15) is 0 Å². The lowest BCUT2D eigenvalue weighted by molar-refractivity contribution is 1.18. The Morgan fingerprint density at radius 2 is 0.660 bits per heavy atom. The highest BCUT2D eigenvalue weighted by atomic mass is 15.0. The van der Waals surface area contributed by atoms with E-state index in [0.717, 1.165) is 0 Å². The Kier molecular flexibility index (Phi) is 5.70. The van der Waals surface area contributed by atoms with Gasteiger partial charge in [0.15, 0.2) is 0 Å². The second kappa shape index (κ2) is 10.4. The molecule has 9 aromatic carbocycles. The van der Waals surface area contributed by atoms with E-state index in [9.17, 15) is 0 Å². The summed E-state index contributed by atoms with van der Waals surface area (Å²) < 4.78 is 4.83. The maximum absolute atomic E-state index is 2.44. The zero-order chi connectivity index (χ0) is 32.8. The highest BCUT2D eigenvalue weighted by molar-refractivity contribution is 6.25. The van der Waals surface area contributed by atoms with Gasteiger partial charge in [-0.3, -0.25) is 0 Å². The molecule has 232 valence electrons. The molecule has 0 radical (unpaired) electrons. The summed E-state index contributed by atoms with van der Waals surface area (Å²) in [6.07, 6.45) is 0. The molecule has 0 aliphatic carbocycles. The number of para-hydroxylation sites is 3. The third-order valence-electron chi connectivity index (χ3n) is 10.7. The molecule has 0 aliphatic heterocycles. The first kappa shape index (κ1) is 27.3. The molecule has 11 aromatic rings. The van der Waals surface area contributed by atoms with Crippen LogP contribution in [0.15, 0.2) is 182 Å². The fraction of sp³-hybridized carbons (Fsp3) is 0. The van der Waals surface area contributed by atoms with Gasteiger partial charge in [-0.25, -0.2) is 0 Å². The molecular formula is C48H30N2. The summed E-state index contributed by atoms with van der Waals surface area (Å²) >= 11 is 0. The van der Waals surface area contributed by atoms with Crippen molar-refractivity contribution in [2.24, 2.45) is 0 Å². The lowest BCUT2D eigenvalue weighted by Crippen LogP contribution is -1.94. The van der Waals surface area contributed by atoms with E-state index in [4.69, 9.17) is 0 Å². The minimum atomic E-state index is 1.17. The standard InChI is InChI=1S/C48H30N2/c1-2-12-33(13-3-1)49-45-20-10-8-18-40(45)42-25-22-32(29-48(42)49)31-23-27-47-44(28-31)41-19-9-11-21-46(41)50(47)34-24-26-39-37-16-5-4-14-35(37)36-15-6-7-17-38(36)43(39)30-34/h1-30H. The lowest BCUT2D eigenvalue weighted by Gasteiger charge is -2.14. The summed E-state index contributed by atoms with van der Waals surface area (Å²) in [4.78, 5) is 0. The van der Waals surface area contributed by atoms with Crippen molar-refractivity contribution in [1.29, 1.82) is 0 Å². The van der Waals surface area contributed by atoms with Crippen LogP contribution in [0, 0.1) is 0 Å². The summed E-state index contributed by atoms with van der Waals surface area (Å²) in [5, 5.41) is 12.8. The highest BCUT2D eigenvalue weighted by Gasteiger charge is 2.17. The zero-order valence-corrected chi connectivity index (χ0v) is 27.2. The van der Waals surface area contributed by atoms with Crippen LogP contribution in [0.2, 0.25) is 0 Å². The number of fused-ring (bicyclic) bond motifs is 12. The molecule has 0 unspecified atom stereocenters. The average molecular weight is 635 g/mol. The summed E-state index contributed by atoms with van der Waals surface area (Å²) in [5.74, 6) is 0. The SMILES string of the molecule is c1ccc(-n2c3ccccc3c3ccc(-c4ccc5c(c4)c4ccccc4n5-c4ccc5c6ccccc6c6ccccc6c5c4)cc32)cc1. The molecule has 2 nitrogen and oxygen atoms in total. The van der Waals surface area contributed by atoms with Crippen LogP contribution < -0.4 is 0 Å². The van der Waals surface area contributed by atoms with Crippen LogP contribution in [-0.4, -0.2) is 9.13 Å². The number of hydrogen-bond donors (Lipinski definition) is 0. The topological polar surface area (TPSA) is 9.86 Å². The molecule has 0 aliphatic rings. The summed E-state index contributed by atoms with van der Waals surface area (Å²) in [6, 6.07) is 66.8. The molecule has 0 atom stereocenters. The van der Waals surface area contributed by atoms with Crippen molar-refractivity contribution in [1.82, 2.24) is 9.13 Å². The van der Waals surface area contributed by atoms with E-state index >= 15 is 0 Å². The first-order valence-electron chi connectivity index (χ1n) is 17.3. The fourth-order valence-electron chi connectivity index (χ4n) is 8.47. The number of rotatable bonds is 3. The number of hydrogen-bond acceptors (Lipinski definition) is 0. The van der Waals surface area contributed by atoms with Crippen molar-refractivity contribution < 1.29 is 0 Å². The quantitative estimate of drug-likeness (QED) is 0.171. The molecule has 2 heteroatoms. The van der Waals surface area contributed by atoms with Gasteiger partial charge in [0.05, 0.1) is 22.1 Å². The summed E-state index contributed by atoms with van der Waals surface area (Å²) in [7, 11) is 0. The Labute approximate surface area is 288 Å². The van der Waals surface area contributed by atoms with Crippen LogP contribution in [0.4, 0.5) is 0 Å². The van der Waals surface area contributed by atoms with Gasteiger partial charge in [-0.2, -0.15) is 0 Å². The molecule has 50 heavy (non-hydrogen) atoms. The predicted octanol–water partition coefficient (Wildman–Crippen LogP) is 13.0. The van der Waals surface area contributed by atoms with Gasteiger partial charge in [-0.1, -0.05) is 127 Å². The normalized spacial score (nSPS) is 12.0. The molecule has 2 aromatic heterocycles. The van der Waals surface area contributed by atoms with Crippen LogP contribution in [-0.2, 0) is 0 Å². The van der Waals surface area contributed by atoms with Crippen LogP contribution >= 0.6 is 0 Å². The molecule has 0 bridgehead atoms. The number of benzene rings is 9. The van der Waals surface area contributed by atoms with E-state index in [1.54, 1.807) is 0 Å². The molecule has 0 amide bonds. The van der Waals surface area contributed by atoms with Crippen molar-refractivity contribution in [3.05, 3.63) is 182 Å². The van der Waals surface area contributed by atoms with Gasteiger partial charge >= 0.3 is 0 Å². The van der Waals surface area contributed by atoms with E-state index in [-0.39, 0.29) is 0 Å². The van der Waals surface area contributed by atoms with Gasteiger partial charge in [0.2, 0.25) is 0 Å². The number of aromatic nitrogens is 2. The first-order chi connectivity index (χ1) is 24.8. The van der Waals surface area contributed by atoms with Gasteiger partial charge in [-0.05, 0) is 98.0 Å². The number of nitrogens with zero attached hydrogens (tertiary/aromatic N) is 2. The molecular weight excluding hydrogens is 605 g/mol. The molecule has 0 saturated heterocycles. The second-order valence-corrected chi connectivity index (χ2v) is 13.3. The van der Waals surface area contributed by atoms with Gasteiger partial charge in [0.25, 0.3) is 0 Å². The zero-order valence-electron chi connectivity index (χ0n) is 27.2. The summed E-state index contributed by atoms with van der Waals surface area (Å²) in [6.45, 7) is 0. The van der Waals surface area contributed by atoms with Crippen LogP contribution in [0.1, 0.15) is 0 Å². The molecule has 0 saturated carbocycles. The fourth-order valence-corrected chi connectivity index (χ4v) is 8.47. The third kappa shape index (κ3) is 3.85. The minimum Gasteiger partial charge on any atom is -0.309 e. The second-order valence-electron chi connectivity index (χ2n) is 13.3. The van der Waals surface area contributed by atoms with Crippen molar-refractivity contribution >= 4 is 75.9 Å². The molecule has 0 fully saturated rings. The van der Waals surface area contributed by atoms with Gasteiger partial charge in [-0.15, -0.1) is 0 Å². The van der Waals surface area contributed by atoms with Gasteiger partial charge in [0, 0.05) is 32.9 Å². The Bertz CT molecular complexity index is 3110. The van der Waals surface area contributed by atoms with Crippen molar-refractivity contribution in [2.45, 2.75) is 0 Å². The maximum atomic E-state index is 2.44. The van der Waals surface area contributed by atoms with E-state index < -0.39 is 0 Å². The minimum absolute atomic E-state index is 1.17. The lowest BCUT2D eigenvalue weighted by atomic mass is 9.94. The molecule has 2 heterocycles. The highest BCUT2D eigenvalue weighted by Crippen LogP contribution is 2.40. The molecule has 0 spiro atoms. The Hall–Kier alpha value is -6.64. The van der Waals surface area contributed by atoms with E-state index in [1.165, 1.54) is 98.4 Å². The van der Waals surface area contributed by atoms with Crippen molar-refractivity contribution in [3.63, 3.8) is 0 Å². The van der Waals surface area contributed by atoms with E-state index in [1.807, 2.05) is 0 Å². The molecule has 11 rings (SSSR count). The van der Waals surface area contributed by atoms with Crippen molar-refractivity contribution in [3.8, 4) is 22.5 Å². The van der Waals surface area contributed by atoms with Crippen molar-refractivity contribution in [2.75, 3.05) is 0 Å². The average Bonchev–Trinajstić information content (AvgIpc) is 3.70. The Morgan fingerprint density at radius 1 is 0.220 bits per heavy atom. The third-order valence-corrected chi connectivity index (χ3v) is 10.7. The monoisotopic (exact) mass is 634 g/mol. The largest absolute Gasteiger partial charge is 0.309 e. The Morgan fingerprint density at radius 3 is 1.34 bits per heavy atom. The smallest absolute Gasteiger partial charge is 0.0547 e. The Balaban J connectivity index is 1.13. The van der Waals surface area contributed by atoms with Crippen LogP contribution in [0.5, 0.6) is 0 Å². The van der Waals surface area contributed by atoms with E-state index in [2.05, 4.69) is 191 Å². The maximum Gasteiger partial charge on any atom is 0.0547 e. The molecule has 0 N–H and O–H groups in total. The summed E-state index contributed by atoms with van der Waals surface area (Å²) in [5.41, 5.74) is 9.62. The van der Waals surface area contributed by atoms with Crippen LogP contribution in [0.3, 0.4) is 0 Å². The predicted molar refractivity (Wildman–Crippen MR) is 213 cm³/mol. The first-order valence-corrected chi connectivity index (χ1v) is 17.3. The van der Waals surface area contributed by atoms with Crippen LogP contribution in [0.25, 0.3) is 98.4 Å².